The van der Waals surface area contributed by atoms with Gasteiger partial charge in [-0.15, -0.1) is 11.8 Å². The van der Waals surface area contributed by atoms with Gasteiger partial charge in [-0.1, -0.05) is 0 Å². The third-order valence-electron chi connectivity index (χ3n) is 2.13. The second-order valence-corrected chi connectivity index (χ2v) is 4.46. The molecule has 0 aromatic heterocycles. The van der Waals surface area contributed by atoms with E-state index in [1.807, 2.05) is 12.1 Å². The largest absolute Gasteiger partial charge is 0.486 e. The zero-order chi connectivity index (χ0) is 10.5. The van der Waals surface area contributed by atoms with E-state index in [9.17, 15) is 0 Å². The van der Waals surface area contributed by atoms with E-state index in [2.05, 4.69) is 6.07 Å². The zero-order valence-electron chi connectivity index (χ0n) is 8.57. The number of thioether (sulfide) groups is 1. The van der Waals surface area contributed by atoms with Crippen molar-refractivity contribution in [3.63, 3.8) is 0 Å². The first-order valence-corrected chi connectivity index (χ1v) is 6.11. The van der Waals surface area contributed by atoms with E-state index in [4.69, 9.17) is 15.2 Å². The van der Waals surface area contributed by atoms with Crippen molar-refractivity contribution in [1.82, 2.24) is 0 Å². The maximum Gasteiger partial charge on any atom is 0.162 e. The van der Waals surface area contributed by atoms with Gasteiger partial charge in [0.2, 0.25) is 0 Å². The van der Waals surface area contributed by atoms with Crippen molar-refractivity contribution in [2.75, 3.05) is 25.5 Å². The van der Waals surface area contributed by atoms with Crippen LogP contribution in [0, 0.1) is 0 Å². The summed E-state index contributed by atoms with van der Waals surface area (Å²) >= 11 is 1.80. The highest BCUT2D eigenvalue weighted by Crippen LogP contribution is 2.34. The van der Waals surface area contributed by atoms with Gasteiger partial charge in [-0.05, 0) is 36.9 Å². The van der Waals surface area contributed by atoms with Gasteiger partial charge in [0, 0.05) is 4.90 Å². The molecule has 1 aromatic carbocycles. The number of fused-ring (bicyclic) bond motifs is 1. The topological polar surface area (TPSA) is 44.5 Å². The molecule has 0 saturated heterocycles. The molecule has 1 aliphatic heterocycles. The highest BCUT2D eigenvalue weighted by molar-refractivity contribution is 7.99. The Hall–Kier alpha value is -0.870. The molecule has 0 atom stereocenters. The lowest BCUT2D eigenvalue weighted by Gasteiger charge is -2.18. The Bertz CT molecular complexity index is 330. The first kappa shape index (κ1) is 10.6. The molecule has 0 amide bonds. The zero-order valence-corrected chi connectivity index (χ0v) is 9.39. The van der Waals surface area contributed by atoms with Gasteiger partial charge in [-0.3, -0.25) is 0 Å². The van der Waals surface area contributed by atoms with Gasteiger partial charge in [0.25, 0.3) is 0 Å². The maximum absolute atomic E-state index is 5.51. The van der Waals surface area contributed by atoms with Crippen molar-refractivity contribution in [3.8, 4) is 11.5 Å². The minimum absolute atomic E-state index is 0.643. The van der Waals surface area contributed by atoms with Crippen LogP contribution in [0.1, 0.15) is 6.42 Å². The first-order chi connectivity index (χ1) is 7.40. The van der Waals surface area contributed by atoms with Crippen molar-refractivity contribution in [2.45, 2.75) is 11.3 Å². The molecular formula is C11H15NO2S. The predicted octanol–water partition coefficient (Wildman–Crippen LogP) is 1.90. The van der Waals surface area contributed by atoms with Crippen molar-refractivity contribution < 1.29 is 9.47 Å². The molecular weight excluding hydrogens is 210 g/mol. The highest BCUT2D eigenvalue weighted by atomic mass is 32.2. The van der Waals surface area contributed by atoms with Gasteiger partial charge >= 0.3 is 0 Å². The van der Waals surface area contributed by atoms with E-state index < -0.39 is 0 Å². The molecule has 1 heterocycles. The van der Waals surface area contributed by atoms with E-state index >= 15 is 0 Å². The molecule has 15 heavy (non-hydrogen) atoms. The van der Waals surface area contributed by atoms with Crippen LogP contribution in [-0.2, 0) is 0 Å². The highest BCUT2D eigenvalue weighted by Gasteiger charge is 2.11. The van der Waals surface area contributed by atoms with Crippen LogP contribution >= 0.6 is 11.8 Å². The van der Waals surface area contributed by atoms with E-state index in [-0.39, 0.29) is 0 Å². The molecule has 0 spiro atoms. The number of benzene rings is 1. The summed E-state index contributed by atoms with van der Waals surface area (Å²) in [6.45, 7) is 2.04. The molecule has 3 nitrogen and oxygen atoms in total. The minimum Gasteiger partial charge on any atom is -0.486 e. The van der Waals surface area contributed by atoms with Crippen molar-refractivity contribution in [2.24, 2.45) is 5.73 Å². The molecule has 0 aliphatic carbocycles. The van der Waals surface area contributed by atoms with Crippen LogP contribution in [0.3, 0.4) is 0 Å². The molecule has 0 radical (unpaired) electrons. The summed E-state index contributed by atoms with van der Waals surface area (Å²) in [5, 5.41) is 0. The average molecular weight is 225 g/mol. The van der Waals surface area contributed by atoms with Gasteiger partial charge in [0.05, 0.1) is 0 Å². The number of hydrogen-bond acceptors (Lipinski definition) is 4. The average Bonchev–Trinajstić information content (AvgIpc) is 2.29. The van der Waals surface area contributed by atoms with E-state index in [0.29, 0.717) is 13.2 Å². The van der Waals surface area contributed by atoms with Crippen molar-refractivity contribution in [1.29, 1.82) is 0 Å². The molecule has 2 rings (SSSR count). The Morgan fingerprint density at radius 2 is 2.00 bits per heavy atom. The third-order valence-corrected chi connectivity index (χ3v) is 3.21. The van der Waals surface area contributed by atoms with Crippen LogP contribution < -0.4 is 15.2 Å². The van der Waals surface area contributed by atoms with Gasteiger partial charge in [-0.25, -0.2) is 0 Å². The molecule has 82 valence electrons. The van der Waals surface area contributed by atoms with Crippen LogP contribution in [0.25, 0.3) is 0 Å². The molecule has 1 aromatic rings. The quantitative estimate of drug-likeness (QED) is 0.628. The summed E-state index contributed by atoms with van der Waals surface area (Å²) in [4.78, 5) is 1.22. The van der Waals surface area contributed by atoms with E-state index in [1.165, 1.54) is 4.90 Å². The van der Waals surface area contributed by atoms with E-state index in [1.54, 1.807) is 11.8 Å². The lowest BCUT2D eigenvalue weighted by Crippen LogP contribution is -2.15. The Kier molecular flexibility index (Phi) is 3.75. The lowest BCUT2D eigenvalue weighted by atomic mass is 10.3. The summed E-state index contributed by atoms with van der Waals surface area (Å²) < 4.78 is 11.0. The second kappa shape index (κ2) is 5.28. The Labute approximate surface area is 93.9 Å². The monoisotopic (exact) mass is 225 g/mol. The summed E-state index contributed by atoms with van der Waals surface area (Å²) in [5.41, 5.74) is 5.45. The summed E-state index contributed by atoms with van der Waals surface area (Å²) in [6.07, 6.45) is 1.04. The molecule has 0 unspecified atom stereocenters. The maximum atomic E-state index is 5.51. The van der Waals surface area contributed by atoms with Crippen LogP contribution in [0.2, 0.25) is 0 Å². The van der Waals surface area contributed by atoms with Crippen molar-refractivity contribution >= 4 is 11.8 Å². The molecule has 0 fully saturated rings. The van der Waals surface area contributed by atoms with Crippen molar-refractivity contribution in [3.05, 3.63) is 18.2 Å². The first-order valence-electron chi connectivity index (χ1n) is 5.12. The number of rotatable bonds is 4. The molecule has 1 aliphatic rings. The summed E-state index contributed by atoms with van der Waals surface area (Å²) in [6, 6.07) is 6.07. The fourth-order valence-electron chi connectivity index (χ4n) is 1.39. The fourth-order valence-corrected chi connectivity index (χ4v) is 2.29. The minimum atomic E-state index is 0.643. The standard InChI is InChI=1S/C11H15NO2S/c12-4-1-7-15-9-2-3-10-11(8-9)14-6-5-13-10/h2-3,8H,1,4-7,12H2. The lowest BCUT2D eigenvalue weighted by molar-refractivity contribution is 0.171. The SMILES string of the molecule is NCCCSc1ccc2c(c1)OCCO2. The number of hydrogen-bond donors (Lipinski definition) is 1. The van der Waals surface area contributed by atoms with Crippen LogP contribution in [0.4, 0.5) is 0 Å². The predicted molar refractivity (Wildman–Crippen MR) is 61.8 cm³/mol. The van der Waals surface area contributed by atoms with Crippen LogP contribution in [0.15, 0.2) is 23.1 Å². The van der Waals surface area contributed by atoms with Gasteiger partial charge in [-0.2, -0.15) is 0 Å². The molecule has 2 N–H and O–H groups in total. The van der Waals surface area contributed by atoms with Gasteiger partial charge < -0.3 is 15.2 Å². The molecule has 0 saturated carbocycles. The Morgan fingerprint density at radius 1 is 1.20 bits per heavy atom. The normalized spacial score (nSPS) is 13.9. The Morgan fingerprint density at radius 3 is 2.80 bits per heavy atom. The summed E-state index contributed by atoms with van der Waals surface area (Å²) in [5.74, 6) is 2.76. The second-order valence-electron chi connectivity index (χ2n) is 3.30. The van der Waals surface area contributed by atoms with E-state index in [0.717, 1.165) is 30.2 Å². The smallest absolute Gasteiger partial charge is 0.162 e. The van der Waals surface area contributed by atoms with Gasteiger partial charge in [0.1, 0.15) is 13.2 Å². The fraction of sp³-hybridized carbons (Fsp3) is 0.455. The third kappa shape index (κ3) is 2.79. The van der Waals surface area contributed by atoms with Gasteiger partial charge in [0.15, 0.2) is 11.5 Å². The molecule has 4 heteroatoms. The van der Waals surface area contributed by atoms with Crippen LogP contribution in [0.5, 0.6) is 11.5 Å². The molecule has 0 bridgehead atoms. The number of ether oxygens (including phenoxy) is 2. The summed E-state index contributed by atoms with van der Waals surface area (Å²) in [7, 11) is 0. The Balaban J connectivity index is 2.00. The van der Waals surface area contributed by atoms with Crippen LogP contribution in [-0.4, -0.2) is 25.5 Å². The number of nitrogens with two attached hydrogens (primary N) is 1.